The van der Waals surface area contributed by atoms with Gasteiger partial charge in [0.1, 0.15) is 5.82 Å². The molecule has 0 amide bonds. The monoisotopic (exact) mass is 296 g/mol. The van der Waals surface area contributed by atoms with Crippen molar-refractivity contribution in [1.82, 2.24) is 19.9 Å². The lowest BCUT2D eigenvalue weighted by Gasteiger charge is -2.09. The summed E-state index contributed by atoms with van der Waals surface area (Å²) in [5.41, 5.74) is 2.23. The molecule has 0 saturated heterocycles. The van der Waals surface area contributed by atoms with Gasteiger partial charge in [-0.1, -0.05) is 6.07 Å². The normalized spacial score (nSPS) is 10.8. The molecule has 2 heterocycles. The van der Waals surface area contributed by atoms with E-state index in [1.165, 1.54) is 10.9 Å². The highest BCUT2D eigenvalue weighted by Gasteiger charge is 2.05. The number of aryl methyl sites for hydroxylation is 1. The van der Waals surface area contributed by atoms with Crippen molar-refractivity contribution < 1.29 is 0 Å². The second-order valence-corrected chi connectivity index (χ2v) is 5.09. The largest absolute Gasteiger partial charge is 0.353 e. The van der Waals surface area contributed by atoms with Crippen molar-refractivity contribution in [2.75, 3.05) is 30.8 Å². The van der Waals surface area contributed by atoms with Crippen LogP contribution < -0.4 is 16.0 Å². The number of rotatable bonds is 6. The van der Waals surface area contributed by atoms with E-state index in [0.29, 0.717) is 5.95 Å². The molecule has 0 unspecified atom stereocenters. The van der Waals surface area contributed by atoms with E-state index in [9.17, 15) is 0 Å². The van der Waals surface area contributed by atoms with Crippen LogP contribution in [-0.4, -0.2) is 34.7 Å². The lowest BCUT2D eigenvalue weighted by atomic mass is 10.2. The SMILES string of the molecule is CNCCNc1nccc(Nc2cccc3c2ccn3C)n1. The Morgan fingerprint density at radius 1 is 1.14 bits per heavy atom. The summed E-state index contributed by atoms with van der Waals surface area (Å²) in [7, 11) is 3.96. The summed E-state index contributed by atoms with van der Waals surface area (Å²) in [6, 6.07) is 10.2. The molecule has 0 saturated carbocycles. The third-order valence-electron chi connectivity index (χ3n) is 3.50. The number of hydrogen-bond acceptors (Lipinski definition) is 5. The molecule has 2 aromatic heterocycles. The van der Waals surface area contributed by atoms with Gasteiger partial charge in [0.05, 0.1) is 0 Å². The molecule has 0 atom stereocenters. The molecular formula is C16H20N6. The molecular weight excluding hydrogens is 276 g/mol. The van der Waals surface area contributed by atoms with Crippen molar-refractivity contribution in [2.45, 2.75) is 0 Å². The molecule has 114 valence electrons. The van der Waals surface area contributed by atoms with E-state index in [0.717, 1.165) is 24.6 Å². The second kappa shape index (κ2) is 6.44. The Morgan fingerprint density at radius 3 is 2.91 bits per heavy atom. The number of nitrogens with zero attached hydrogens (tertiary/aromatic N) is 3. The maximum absolute atomic E-state index is 4.49. The molecule has 6 heteroatoms. The van der Waals surface area contributed by atoms with Crippen molar-refractivity contribution >= 4 is 28.4 Å². The minimum absolute atomic E-state index is 0.625. The molecule has 3 N–H and O–H groups in total. The van der Waals surface area contributed by atoms with Crippen molar-refractivity contribution in [3.8, 4) is 0 Å². The first-order valence-electron chi connectivity index (χ1n) is 7.30. The van der Waals surface area contributed by atoms with E-state index in [2.05, 4.69) is 54.9 Å². The van der Waals surface area contributed by atoms with Gasteiger partial charge in [0.25, 0.3) is 0 Å². The predicted molar refractivity (Wildman–Crippen MR) is 90.7 cm³/mol. The van der Waals surface area contributed by atoms with Crippen LogP contribution in [0.1, 0.15) is 0 Å². The highest BCUT2D eigenvalue weighted by Crippen LogP contribution is 2.26. The summed E-state index contributed by atoms with van der Waals surface area (Å²) in [6.07, 6.45) is 3.81. The smallest absolute Gasteiger partial charge is 0.224 e. The Balaban J connectivity index is 1.81. The van der Waals surface area contributed by atoms with Gasteiger partial charge in [0.15, 0.2) is 0 Å². The Bertz CT molecular complexity index is 764. The quantitative estimate of drug-likeness (QED) is 0.609. The number of fused-ring (bicyclic) bond motifs is 1. The molecule has 0 bridgehead atoms. The fourth-order valence-electron chi connectivity index (χ4n) is 2.36. The maximum atomic E-state index is 4.49. The lowest BCUT2D eigenvalue weighted by molar-refractivity contribution is 0.818. The summed E-state index contributed by atoms with van der Waals surface area (Å²) in [5.74, 6) is 1.40. The van der Waals surface area contributed by atoms with Crippen molar-refractivity contribution in [3.05, 3.63) is 42.7 Å². The number of anilines is 3. The molecule has 0 aliphatic rings. The lowest BCUT2D eigenvalue weighted by Crippen LogP contribution is -2.18. The van der Waals surface area contributed by atoms with Gasteiger partial charge in [-0.3, -0.25) is 0 Å². The van der Waals surface area contributed by atoms with Crippen LogP contribution in [0.5, 0.6) is 0 Å². The van der Waals surface area contributed by atoms with E-state index in [1.807, 2.05) is 26.2 Å². The van der Waals surface area contributed by atoms with Gasteiger partial charge in [0.2, 0.25) is 5.95 Å². The van der Waals surface area contributed by atoms with Crippen LogP contribution in [0.3, 0.4) is 0 Å². The maximum Gasteiger partial charge on any atom is 0.224 e. The van der Waals surface area contributed by atoms with Crippen LogP contribution in [-0.2, 0) is 7.05 Å². The highest BCUT2D eigenvalue weighted by molar-refractivity contribution is 5.93. The van der Waals surface area contributed by atoms with Crippen LogP contribution in [0, 0.1) is 0 Å². The summed E-state index contributed by atoms with van der Waals surface area (Å²) in [6.45, 7) is 1.65. The molecule has 0 radical (unpaired) electrons. The van der Waals surface area contributed by atoms with Gasteiger partial charge in [-0.05, 0) is 31.3 Å². The number of benzene rings is 1. The van der Waals surface area contributed by atoms with E-state index in [4.69, 9.17) is 0 Å². The van der Waals surface area contributed by atoms with E-state index in [1.54, 1.807) is 6.20 Å². The third kappa shape index (κ3) is 3.01. The van der Waals surface area contributed by atoms with E-state index >= 15 is 0 Å². The molecule has 6 nitrogen and oxygen atoms in total. The average Bonchev–Trinajstić information content (AvgIpc) is 2.91. The Hall–Kier alpha value is -2.60. The Labute approximate surface area is 129 Å². The van der Waals surface area contributed by atoms with Gasteiger partial charge in [-0.15, -0.1) is 0 Å². The fraction of sp³-hybridized carbons (Fsp3) is 0.250. The minimum atomic E-state index is 0.625. The first-order chi connectivity index (χ1) is 10.8. The van der Waals surface area contributed by atoms with Crippen LogP contribution in [0.15, 0.2) is 42.7 Å². The molecule has 22 heavy (non-hydrogen) atoms. The number of likely N-dealkylation sites (N-methyl/N-ethyl adjacent to an activating group) is 1. The predicted octanol–water partition coefficient (Wildman–Crippen LogP) is 2.34. The van der Waals surface area contributed by atoms with Crippen molar-refractivity contribution in [3.63, 3.8) is 0 Å². The average molecular weight is 296 g/mol. The van der Waals surface area contributed by atoms with Crippen LogP contribution in [0.2, 0.25) is 0 Å². The van der Waals surface area contributed by atoms with Crippen molar-refractivity contribution in [1.29, 1.82) is 0 Å². The first-order valence-corrected chi connectivity index (χ1v) is 7.30. The molecule has 0 spiro atoms. The van der Waals surface area contributed by atoms with Gasteiger partial charge in [0, 0.05) is 49.1 Å². The van der Waals surface area contributed by atoms with Gasteiger partial charge in [-0.25, -0.2) is 4.98 Å². The molecule has 0 fully saturated rings. The number of nitrogens with one attached hydrogen (secondary N) is 3. The van der Waals surface area contributed by atoms with Gasteiger partial charge in [-0.2, -0.15) is 4.98 Å². The van der Waals surface area contributed by atoms with Crippen molar-refractivity contribution in [2.24, 2.45) is 7.05 Å². The minimum Gasteiger partial charge on any atom is -0.353 e. The summed E-state index contributed by atoms with van der Waals surface area (Å²) < 4.78 is 2.10. The Morgan fingerprint density at radius 2 is 2.05 bits per heavy atom. The molecule has 1 aromatic carbocycles. The molecule has 0 aliphatic carbocycles. The molecule has 3 aromatic rings. The first kappa shape index (κ1) is 14.3. The summed E-state index contributed by atoms with van der Waals surface area (Å²) >= 11 is 0. The topological polar surface area (TPSA) is 66.8 Å². The second-order valence-electron chi connectivity index (χ2n) is 5.09. The number of hydrogen-bond donors (Lipinski definition) is 3. The zero-order valence-corrected chi connectivity index (χ0v) is 12.8. The standard InChI is InChI=1S/C16H20N6/c1-17-9-10-19-16-18-8-6-15(21-16)20-13-4-3-5-14-12(13)7-11-22(14)2/h3-8,11,17H,9-10H2,1-2H3,(H2,18,19,20,21). The van der Waals surface area contributed by atoms with Gasteiger partial charge < -0.3 is 20.5 Å². The van der Waals surface area contributed by atoms with E-state index in [-0.39, 0.29) is 0 Å². The zero-order chi connectivity index (χ0) is 15.4. The van der Waals surface area contributed by atoms with Crippen LogP contribution in [0.4, 0.5) is 17.5 Å². The molecule has 0 aliphatic heterocycles. The summed E-state index contributed by atoms with van der Waals surface area (Å²) in [5, 5.41) is 10.8. The highest BCUT2D eigenvalue weighted by atomic mass is 15.1. The number of aromatic nitrogens is 3. The molecule has 3 rings (SSSR count). The third-order valence-corrected chi connectivity index (χ3v) is 3.50. The van der Waals surface area contributed by atoms with Gasteiger partial charge >= 0.3 is 0 Å². The fourth-order valence-corrected chi connectivity index (χ4v) is 2.36. The summed E-state index contributed by atoms with van der Waals surface area (Å²) in [4.78, 5) is 8.71. The Kier molecular flexibility index (Phi) is 4.20. The van der Waals surface area contributed by atoms with E-state index < -0.39 is 0 Å². The van der Waals surface area contributed by atoms with Crippen LogP contribution in [0.25, 0.3) is 10.9 Å². The zero-order valence-electron chi connectivity index (χ0n) is 12.8. The van der Waals surface area contributed by atoms with Crippen LogP contribution >= 0.6 is 0 Å².